The Morgan fingerprint density at radius 3 is 2.50 bits per heavy atom. The fourth-order valence-electron chi connectivity index (χ4n) is 2.41. The molecule has 0 spiro atoms. The molecule has 0 unspecified atom stereocenters. The first-order valence-electron chi connectivity index (χ1n) is 8.44. The molecule has 0 bridgehead atoms. The minimum atomic E-state index is -0.866. The van der Waals surface area contributed by atoms with Crippen LogP contribution in [0.5, 0.6) is 0 Å². The third-order valence-electron chi connectivity index (χ3n) is 3.66. The van der Waals surface area contributed by atoms with Gasteiger partial charge in [0.15, 0.2) is 0 Å². The first-order valence-corrected chi connectivity index (χ1v) is 9.23. The van der Waals surface area contributed by atoms with Gasteiger partial charge in [0.2, 0.25) is 12.3 Å². The van der Waals surface area contributed by atoms with E-state index in [0.717, 1.165) is 4.47 Å². The molecular weight excluding hydrogens is 430 g/mol. The molecule has 0 radical (unpaired) electrons. The zero-order chi connectivity index (χ0) is 20.5. The van der Waals surface area contributed by atoms with Crippen LogP contribution in [0.15, 0.2) is 70.9 Å². The van der Waals surface area contributed by atoms with Gasteiger partial charge in [-0.25, -0.2) is 9.59 Å². The second-order valence-electron chi connectivity index (χ2n) is 5.68. The molecule has 0 aliphatic carbocycles. The van der Waals surface area contributed by atoms with Crippen molar-refractivity contribution in [1.29, 1.82) is 0 Å². The van der Waals surface area contributed by atoms with E-state index in [9.17, 15) is 19.7 Å². The molecule has 0 aliphatic heterocycles. The van der Waals surface area contributed by atoms with Gasteiger partial charge in [-0.15, -0.1) is 0 Å². The number of nitro groups is 1. The van der Waals surface area contributed by atoms with E-state index >= 15 is 0 Å². The molecule has 0 aromatic heterocycles. The summed E-state index contributed by atoms with van der Waals surface area (Å²) in [6, 6.07) is 15.0. The maximum Gasteiger partial charge on any atom is 0.374 e. The van der Waals surface area contributed by atoms with Gasteiger partial charge >= 0.3 is 11.9 Å². The highest BCUT2D eigenvalue weighted by Crippen LogP contribution is 2.24. The van der Waals surface area contributed by atoms with Crippen molar-refractivity contribution in [2.24, 2.45) is 0 Å². The highest BCUT2D eigenvalue weighted by molar-refractivity contribution is 9.10. The van der Waals surface area contributed by atoms with Gasteiger partial charge in [-0.3, -0.25) is 10.1 Å². The Hall–Kier alpha value is -3.00. The summed E-state index contributed by atoms with van der Waals surface area (Å²) < 4.78 is 10.9. The van der Waals surface area contributed by atoms with Crippen LogP contribution < -0.4 is 0 Å². The van der Waals surface area contributed by atoms with Gasteiger partial charge < -0.3 is 9.47 Å². The molecule has 0 fully saturated rings. The topological polar surface area (TPSA) is 95.7 Å². The average Bonchev–Trinajstić information content (AvgIpc) is 2.67. The quantitative estimate of drug-likeness (QED) is 0.198. The molecule has 7 nitrogen and oxygen atoms in total. The zero-order valence-electron chi connectivity index (χ0n) is 15.0. The van der Waals surface area contributed by atoms with Gasteiger partial charge in [-0.1, -0.05) is 46.3 Å². The van der Waals surface area contributed by atoms with E-state index < -0.39 is 29.3 Å². The Morgan fingerprint density at radius 2 is 1.89 bits per heavy atom. The Labute approximate surface area is 170 Å². The van der Waals surface area contributed by atoms with Crippen LogP contribution in [0.4, 0.5) is 0 Å². The lowest BCUT2D eigenvalue weighted by atomic mass is 9.98. The summed E-state index contributed by atoms with van der Waals surface area (Å²) in [5, 5.41) is 11.1. The van der Waals surface area contributed by atoms with E-state index in [-0.39, 0.29) is 17.9 Å². The van der Waals surface area contributed by atoms with Crippen LogP contribution in [0, 0.1) is 10.1 Å². The summed E-state index contributed by atoms with van der Waals surface area (Å²) in [5.74, 6) is -2.80. The molecule has 2 rings (SSSR count). The molecule has 0 aliphatic rings. The Morgan fingerprint density at radius 1 is 1.18 bits per heavy atom. The number of esters is 2. The van der Waals surface area contributed by atoms with E-state index in [1.807, 2.05) is 0 Å². The summed E-state index contributed by atoms with van der Waals surface area (Å²) in [5.41, 5.74) is 0.828. The lowest BCUT2D eigenvalue weighted by Crippen LogP contribution is -2.18. The number of carbonyl (C=O) groups is 2. The van der Waals surface area contributed by atoms with Crippen LogP contribution in [0.2, 0.25) is 0 Å². The predicted molar refractivity (Wildman–Crippen MR) is 105 cm³/mol. The highest BCUT2D eigenvalue weighted by atomic mass is 79.9. The van der Waals surface area contributed by atoms with E-state index in [2.05, 4.69) is 15.9 Å². The van der Waals surface area contributed by atoms with E-state index in [1.165, 1.54) is 18.2 Å². The third-order valence-corrected chi connectivity index (χ3v) is 4.16. The van der Waals surface area contributed by atoms with Crippen molar-refractivity contribution in [3.63, 3.8) is 0 Å². The van der Waals surface area contributed by atoms with Gasteiger partial charge in [-0.2, -0.15) is 0 Å². The second-order valence-corrected chi connectivity index (χ2v) is 6.60. The number of ether oxygens (including phenoxy) is 2. The van der Waals surface area contributed by atoms with Crippen LogP contribution in [-0.4, -0.2) is 30.0 Å². The fourth-order valence-corrected chi connectivity index (χ4v) is 2.83. The van der Waals surface area contributed by atoms with Gasteiger partial charge in [0, 0.05) is 9.40 Å². The molecule has 0 amide bonds. The highest BCUT2D eigenvalue weighted by Gasteiger charge is 2.24. The summed E-state index contributed by atoms with van der Waals surface area (Å²) in [7, 11) is 0. The van der Waals surface area contributed by atoms with Gasteiger partial charge in [0.1, 0.15) is 0 Å². The molecular formula is C20H18BrNO6. The summed E-state index contributed by atoms with van der Waals surface area (Å²) in [6.07, 6.45) is 1.25. The van der Waals surface area contributed by atoms with E-state index in [1.54, 1.807) is 49.4 Å². The predicted octanol–water partition coefficient (Wildman–Crippen LogP) is 4.11. The van der Waals surface area contributed by atoms with Crippen molar-refractivity contribution < 1.29 is 24.0 Å². The maximum atomic E-state index is 12.3. The van der Waals surface area contributed by atoms with Crippen molar-refractivity contribution >= 4 is 27.9 Å². The van der Waals surface area contributed by atoms with E-state index in [4.69, 9.17) is 9.47 Å². The van der Waals surface area contributed by atoms with Crippen molar-refractivity contribution in [1.82, 2.24) is 0 Å². The summed E-state index contributed by atoms with van der Waals surface area (Å²) in [6.45, 7) is 1.19. The number of rotatable bonds is 8. The van der Waals surface area contributed by atoms with Crippen LogP contribution >= 0.6 is 15.9 Å². The molecule has 0 saturated heterocycles. The summed E-state index contributed by atoms with van der Waals surface area (Å²) in [4.78, 5) is 35.3. The number of hydrogen-bond acceptors (Lipinski definition) is 6. The van der Waals surface area contributed by atoms with Crippen molar-refractivity contribution in [3.8, 4) is 0 Å². The monoisotopic (exact) mass is 447 g/mol. The minimum absolute atomic E-state index is 0.0653. The Bertz CT molecular complexity index is 881. The molecule has 0 N–H and O–H groups in total. The van der Waals surface area contributed by atoms with Crippen LogP contribution in [-0.2, 0) is 14.3 Å². The van der Waals surface area contributed by atoms with Crippen molar-refractivity contribution in [2.45, 2.75) is 12.8 Å². The smallest absolute Gasteiger partial charge is 0.374 e. The third kappa shape index (κ3) is 6.31. The second kappa shape index (κ2) is 10.4. The molecule has 2 aromatic rings. The largest absolute Gasteiger partial charge is 0.460 e. The molecule has 8 heteroatoms. The number of halogens is 1. The lowest BCUT2D eigenvalue weighted by molar-refractivity contribution is -0.481. The fraction of sp³-hybridized carbons (Fsp3) is 0.200. The normalized spacial score (nSPS) is 12.1. The van der Waals surface area contributed by atoms with E-state index in [0.29, 0.717) is 5.56 Å². The molecule has 28 heavy (non-hydrogen) atoms. The number of benzene rings is 2. The summed E-state index contributed by atoms with van der Waals surface area (Å²) >= 11 is 3.32. The van der Waals surface area contributed by atoms with Crippen LogP contribution in [0.25, 0.3) is 0 Å². The number of nitrogens with zero attached hydrogens (tertiary/aromatic N) is 1. The number of carbonyl (C=O) groups excluding carboxylic acids is 2. The van der Waals surface area contributed by atoms with Crippen LogP contribution in [0.1, 0.15) is 28.8 Å². The zero-order valence-corrected chi connectivity index (χ0v) is 16.6. The van der Waals surface area contributed by atoms with Crippen molar-refractivity contribution in [2.75, 3.05) is 13.2 Å². The Kier molecular flexibility index (Phi) is 7.88. The molecule has 146 valence electrons. The molecule has 1 atom stereocenters. The molecule has 0 heterocycles. The lowest BCUT2D eigenvalue weighted by Gasteiger charge is -2.13. The SMILES string of the molecule is CCOC(=O)/C(=C\[C@@H](C[N+](=O)[O-])c1cccc(Br)c1)OC(=O)c1ccccc1. The van der Waals surface area contributed by atoms with Gasteiger partial charge in [0.05, 0.1) is 18.1 Å². The van der Waals surface area contributed by atoms with Gasteiger partial charge in [-0.05, 0) is 42.8 Å². The van der Waals surface area contributed by atoms with Gasteiger partial charge in [0.25, 0.3) is 0 Å². The maximum absolute atomic E-state index is 12.3. The molecule has 0 saturated carbocycles. The first kappa shape index (κ1) is 21.3. The standard InChI is InChI=1S/C20H18BrNO6/c1-2-27-20(24)18(28-19(23)14-7-4-3-5-8-14)12-16(13-22(25)26)15-9-6-10-17(21)11-15/h3-12,16H,2,13H2,1H3/b18-12+/t16-/m0/s1. The molecule has 2 aromatic carbocycles. The Balaban J connectivity index is 2.39. The van der Waals surface area contributed by atoms with Crippen molar-refractivity contribution in [3.05, 3.63) is 92.1 Å². The minimum Gasteiger partial charge on any atom is -0.460 e. The van der Waals surface area contributed by atoms with Crippen LogP contribution in [0.3, 0.4) is 0 Å². The average molecular weight is 448 g/mol. The number of hydrogen-bond donors (Lipinski definition) is 0. The first-order chi connectivity index (χ1) is 13.4.